The Kier molecular flexibility index (Phi) is 3.11. The lowest BCUT2D eigenvalue weighted by Crippen LogP contribution is -2.50. The van der Waals surface area contributed by atoms with E-state index >= 15 is 0 Å². The van der Waals surface area contributed by atoms with Gasteiger partial charge >= 0.3 is 11.9 Å². The van der Waals surface area contributed by atoms with Crippen molar-refractivity contribution in [3.8, 4) is 0 Å². The summed E-state index contributed by atoms with van der Waals surface area (Å²) in [5.41, 5.74) is -1.61. The fourth-order valence-electron chi connectivity index (χ4n) is 2.77. The highest BCUT2D eigenvalue weighted by Crippen LogP contribution is 2.45. The van der Waals surface area contributed by atoms with Crippen LogP contribution < -0.4 is 0 Å². The second kappa shape index (κ2) is 4.20. The smallest absolute Gasteiger partial charge is 0.303 e. The number of carbonyl (C=O) groups excluding carboxylic acids is 2. The molecule has 2 fully saturated rings. The standard InChI is InChI=1S/C12H18O6/c1-7(13)17-9-5-15-10-11(3,18-8(2)14)6-16-12(9,10)4/h9-10H,5-6H2,1-4H3/t9?,10?,11-,12?/m1/s1. The molecule has 0 N–H and O–H groups in total. The molecule has 0 spiro atoms. The Balaban J connectivity index is 2.18. The molecule has 2 rings (SSSR count). The Hall–Kier alpha value is -1.14. The molecular formula is C12H18O6. The van der Waals surface area contributed by atoms with Crippen LogP contribution in [0.3, 0.4) is 0 Å². The van der Waals surface area contributed by atoms with Crippen LogP contribution in [0.2, 0.25) is 0 Å². The zero-order chi connectivity index (χ0) is 13.6. The second-order valence-corrected chi connectivity index (χ2v) is 5.19. The lowest BCUT2D eigenvalue weighted by atomic mass is 9.88. The average Bonchev–Trinajstić information content (AvgIpc) is 2.64. The Morgan fingerprint density at radius 2 is 1.89 bits per heavy atom. The first-order valence-corrected chi connectivity index (χ1v) is 5.90. The summed E-state index contributed by atoms with van der Waals surface area (Å²) in [6.07, 6.45) is -0.907. The van der Waals surface area contributed by atoms with Gasteiger partial charge in [0, 0.05) is 13.8 Å². The lowest BCUT2D eigenvalue weighted by molar-refractivity contribution is -0.165. The maximum Gasteiger partial charge on any atom is 0.303 e. The topological polar surface area (TPSA) is 71.1 Å². The van der Waals surface area contributed by atoms with Gasteiger partial charge in [0.2, 0.25) is 0 Å². The molecular weight excluding hydrogens is 240 g/mol. The molecule has 0 aromatic carbocycles. The molecule has 4 atom stereocenters. The van der Waals surface area contributed by atoms with Crippen molar-refractivity contribution in [1.82, 2.24) is 0 Å². The van der Waals surface area contributed by atoms with E-state index in [-0.39, 0.29) is 25.2 Å². The summed E-state index contributed by atoms with van der Waals surface area (Å²) in [6.45, 7) is 6.74. The van der Waals surface area contributed by atoms with Crippen LogP contribution in [0.15, 0.2) is 0 Å². The summed E-state index contributed by atoms with van der Waals surface area (Å²) in [4.78, 5) is 22.2. The Morgan fingerprint density at radius 3 is 2.44 bits per heavy atom. The molecule has 2 aliphatic heterocycles. The number of rotatable bonds is 2. The van der Waals surface area contributed by atoms with Crippen LogP contribution >= 0.6 is 0 Å². The third-order valence-corrected chi connectivity index (χ3v) is 3.48. The molecule has 2 heterocycles. The van der Waals surface area contributed by atoms with E-state index in [1.165, 1.54) is 13.8 Å². The van der Waals surface area contributed by atoms with Crippen LogP contribution in [0.25, 0.3) is 0 Å². The highest BCUT2D eigenvalue weighted by molar-refractivity contribution is 5.67. The second-order valence-electron chi connectivity index (χ2n) is 5.19. The molecule has 2 aliphatic rings. The molecule has 3 unspecified atom stereocenters. The molecule has 0 aliphatic carbocycles. The van der Waals surface area contributed by atoms with E-state index in [1.807, 2.05) is 6.92 Å². The maximum absolute atomic E-state index is 11.1. The van der Waals surface area contributed by atoms with Crippen molar-refractivity contribution in [1.29, 1.82) is 0 Å². The SMILES string of the molecule is CC(=O)OC1COC2C1(C)OC[C@@]2(C)OC(C)=O. The van der Waals surface area contributed by atoms with Crippen molar-refractivity contribution >= 4 is 11.9 Å². The zero-order valence-electron chi connectivity index (χ0n) is 11.0. The summed E-state index contributed by atoms with van der Waals surface area (Å²) < 4.78 is 21.8. The fourth-order valence-corrected chi connectivity index (χ4v) is 2.77. The van der Waals surface area contributed by atoms with E-state index in [1.54, 1.807) is 6.92 Å². The normalized spacial score (nSPS) is 42.4. The number of hydrogen-bond donors (Lipinski definition) is 0. The molecule has 0 radical (unpaired) electrons. The predicted molar refractivity (Wildman–Crippen MR) is 59.8 cm³/mol. The minimum Gasteiger partial charge on any atom is -0.457 e. The Morgan fingerprint density at radius 1 is 1.22 bits per heavy atom. The third-order valence-electron chi connectivity index (χ3n) is 3.48. The Labute approximate surface area is 106 Å². The molecule has 0 bridgehead atoms. The number of ether oxygens (including phenoxy) is 4. The van der Waals surface area contributed by atoms with Crippen LogP contribution in [-0.4, -0.2) is 48.6 Å². The van der Waals surface area contributed by atoms with Crippen LogP contribution in [0.1, 0.15) is 27.7 Å². The molecule has 0 aromatic heterocycles. The van der Waals surface area contributed by atoms with E-state index < -0.39 is 23.4 Å². The van der Waals surface area contributed by atoms with E-state index in [4.69, 9.17) is 18.9 Å². The van der Waals surface area contributed by atoms with Crippen molar-refractivity contribution in [3.05, 3.63) is 0 Å². The van der Waals surface area contributed by atoms with Gasteiger partial charge < -0.3 is 18.9 Å². The van der Waals surface area contributed by atoms with Crippen molar-refractivity contribution in [2.24, 2.45) is 0 Å². The van der Waals surface area contributed by atoms with Gasteiger partial charge in [-0.05, 0) is 13.8 Å². The molecule has 18 heavy (non-hydrogen) atoms. The van der Waals surface area contributed by atoms with Crippen LogP contribution in [0.4, 0.5) is 0 Å². The number of esters is 2. The van der Waals surface area contributed by atoms with Gasteiger partial charge in [0.15, 0.2) is 11.7 Å². The largest absolute Gasteiger partial charge is 0.457 e. The minimum atomic E-state index is -0.838. The first kappa shape index (κ1) is 13.3. The minimum absolute atomic E-state index is 0.228. The molecule has 6 heteroatoms. The summed E-state index contributed by atoms with van der Waals surface area (Å²) in [6, 6.07) is 0. The lowest BCUT2D eigenvalue weighted by Gasteiger charge is -2.31. The van der Waals surface area contributed by atoms with E-state index in [9.17, 15) is 9.59 Å². The average molecular weight is 258 g/mol. The molecule has 0 saturated carbocycles. The number of carbonyl (C=O) groups is 2. The van der Waals surface area contributed by atoms with Gasteiger partial charge in [-0.1, -0.05) is 0 Å². The number of fused-ring (bicyclic) bond motifs is 1. The predicted octanol–water partition coefficient (Wildman–Crippen LogP) is 0.428. The molecule has 102 valence electrons. The zero-order valence-corrected chi connectivity index (χ0v) is 11.0. The summed E-state index contributed by atoms with van der Waals surface area (Å²) in [7, 11) is 0. The molecule has 6 nitrogen and oxygen atoms in total. The van der Waals surface area contributed by atoms with E-state index in [0.29, 0.717) is 0 Å². The van der Waals surface area contributed by atoms with Crippen molar-refractivity contribution in [2.45, 2.75) is 51.1 Å². The van der Waals surface area contributed by atoms with E-state index in [2.05, 4.69) is 0 Å². The summed E-state index contributed by atoms with van der Waals surface area (Å²) in [5.74, 6) is -0.764. The highest BCUT2D eigenvalue weighted by Gasteiger charge is 2.65. The van der Waals surface area contributed by atoms with Gasteiger partial charge in [0.05, 0.1) is 13.2 Å². The molecule has 2 saturated heterocycles. The summed E-state index contributed by atoms with van der Waals surface area (Å²) in [5, 5.41) is 0. The fraction of sp³-hybridized carbons (Fsp3) is 0.833. The first-order chi connectivity index (χ1) is 8.28. The molecule has 0 aromatic rings. The van der Waals surface area contributed by atoms with Gasteiger partial charge in [0.1, 0.15) is 11.7 Å². The van der Waals surface area contributed by atoms with Crippen LogP contribution in [0.5, 0.6) is 0 Å². The van der Waals surface area contributed by atoms with Gasteiger partial charge in [-0.3, -0.25) is 9.59 Å². The van der Waals surface area contributed by atoms with Crippen molar-refractivity contribution in [3.63, 3.8) is 0 Å². The number of hydrogen-bond acceptors (Lipinski definition) is 6. The third kappa shape index (κ3) is 1.99. The van der Waals surface area contributed by atoms with Crippen LogP contribution in [0, 0.1) is 0 Å². The quantitative estimate of drug-likeness (QED) is 0.669. The van der Waals surface area contributed by atoms with Gasteiger partial charge in [-0.2, -0.15) is 0 Å². The van der Waals surface area contributed by atoms with Gasteiger partial charge in [0.25, 0.3) is 0 Å². The maximum atomic E-state index is 11.1. The van der Waals surface area contributed by atoms with E-state index in [0.717, 1.165) is 0 Å². The van der Waals surface area contributed by atoms with Crippen molar-refractivity contribution in [2.75, 3.05) is 13.2 Å². The monoisotopic (exact) mass is 258 g/mol. The Bertz CT molecular complexity index is 381. The van der Waals surface area contributed by atoms with Gasteiger partial charge in [-0.25, -0.2) is 0 Å². The molecule has 0 amide bonds. The first-order valence-electron chi connectivity index (χ1n) is 5.90. The highest BCUT2D eigenvalue weighted by atomic mass is 16.7. The van der Waals surface area contributed by atoms with Crippen LogP contribution in [-0.2, 0) is 28.5 Å². The summed E-state index contributed by atoms with van der Waals surface area (Å²) >= 11 is 0. The van der Waals surface area contributed by atoms with Crippen molar-refractivity contribution < 1.29 is 28.5 Å². The van der Waals surface area contributed by atoms with Gasteiger partial charge in [-0.15, -0.1) is 0 Å².